The van der Waals surface area contributed by atoms with E-state index in [1.807, 2.05) is 6.07 Å². The number of aliphatic hydroxyl groups is 1. The second-order valence-corrected chi connectivity index (χ2v) is 5.39. The number of primary amides is 1. The highest BCUT2D eigenvalue weighted by Crippen LogP contribution is 2.29. The Morgan fingerprint density at radius 1 is 1.24 bits per heavy atom. The number of carbonyl (C=O) groups excluding carboxylic acids is 2. The summed E-state index contributed by atoms with van der Waals surface area (Å²) < 4.78 is 37.5. The average molecular weight is 357 g/mol. The molecule has 0 aliphatic heterocycles. The highest BCUT2D eigenvalue weighted by atomic mass is 19.4. The molecule has 0 aliphatic carbocycles. The van der Waals surface area contributed by atoms with E-state index in [1.165, 1.54) is 0 Å². The van der Waals surface area contributed by atoms with Gasteiger partial charge in [-0.25, -0.2) is 0 Å². The summed E-state index contributed by atoms with van der Waals surface area (Å²) in [6.45, 7) is 0. The molecule has 136 valence electrons. The highest BCUT2D eigenvalue weighted by molar-refractivity contribution is 5.88. The third kappa shape index (κ3) is 6.43. The maximum atomic E-state index is 12.5. The van der Waals surface area contributed by atoms with Crippen molar-refractivity contribution < 1.29 is 27.9 Å². The molecule has 2 atom stereocenters. The minimum Gasteiger partial charge on any atom is -0.378 e. The van der Waals surface area contributed by atoms with Crippen LogP contribution in [0.2, 0.25) is 0 Å². The maximum Gasteiger partial charge on any atom is 0.416 e. The summed E-state index contributed by atoms with van der Waals surface area (Å²) in [4.78, 5) is 23.3. The Hall–Kier alpha value is -2.60. The van der Waals surface area contributed by atoms with Crippen LogP contribution in [0.5, 0.6) is 0 Å². The molecular weight excluding hydrogens is 339 g/mol. The normalized spacial score (nSPS) is 13.6. The summed E-state index contributed by atoms with van der Waals surface area (Å²) in [6.07, 6.45) is -4.76. The summed E-state index contributed by atoms with van der Waals surface area (Å²) in [6, 6.07) is 4.38. The number of aliphatic hydroxyl groups excluding tert-OH is 1. The largest absolute Gasteiger partial charge is 0.416 e. The van der Waals surface area contributed by atoms with Crippen molar-refractivity contribution in [3.8, 4) is 6.07 Å². The summed E-state index contributed by atoms with van der Waals surface area (Å²) in [5, 5.41) is 20.6. The molecule has 0 saturated heterocycles. The van der Waals surface area contributed by atoms with Crippen LogP contribution < -0.4 is 11.1 Å². The fraction of sp³-hybridized carbons (Fsp3) is 0.438. The molecule has 0 radical (unpaired) electrons. The van der Waals surface area contributed by atoms with Crippen molar-refractivity contribution in [2.45, 2.75) is 44.0 Å². The van der Waals surface area contributed by atoms with Gasteiger partial charge in [-0.2, -0.15) is 18.4 Å². The number of nitrogens with zero attached hydrogens (tertiary/aromatic N) is 1. The van der Waals surface area contributed by atoms with Gasteiger partial charge in [0, 0.05) is 6.42 Å². The molecule has 1 aromatic rings. The molecule has 0 bridgehead atoms. The molecule has 25 heavy (non-hydrogen) atoms. The van der Waals surface area contributed by atoms with Gasteiger partial charge >= 0.3 is 6.18 Å². The number of carbonyl (C=O) groups is 2. The molecule has 0 saturated carbocycles. The van der Waals surface area contributed by atoms with Crippen LogP contribution in [0.4, 0.5) is 13.2 Å². The molecule has 1 aromatic carbocycles. The Kier molecular flexibility index (Phi) is 7.39. The molecule has 0 unspecified atom stereocenters. The fourth-order valence-corrected chi connectivity index (χ4v) is 2.09. The minimum atomic E-state index is -4.52. The first-order valence-corrected chi connectivity index (χ1v) is 7.48. The lowest BCUT2D eigenvalue weighted by molar-refractivity contribution is -0.137. The summed E-state index contributed by atoms with van der Waals surface area (Å²) in [5.41, 5.74) is 4.23. The Labute approximate surface area is 142 Å². The van der Waals surface area contributed by atoms with Crippen LogP contribution in [0.3, 0.4) is 0 Å². The number of hydrogen-bond acceptors (Lipinski definition) is 4. The van der Waals surface area contributed by atoms with E-state index in [-0.39, 0.29) is 12.0 Å². The molecule has 0 aromatic heterocycles. The van der Waals surface area contributed by atoms with E-state index >= 15 is 0 Å². The number of nitrogens with one attached hydrogen (secondary N) is 1. The predicted molar refractivity (Wildman–Crippen MR) is 81.6 cm³/mol. The van der Waals surface area contributed by atoms with Crippen molar-refractivity contribution in [2.24, 2.45) is 5.73 Å². The van der Waals surface area contributed by atoms with Gasteiger partial charge in [0.05, 0.1) is 11.6 Å². The van der Waals surface area contributed by atoms with Crippen molar-refractivity contribution in [2.75, 3.05) is 0 Å². The van der Waals surface area contributed by atoms with Crippen molar-refractivity contribution >= 4 is 11.8 Å². The van der Waals surface area contributed by atoms with Crippen molar-refractivity contribution in [3.05, 3.63) is 35.4 Å². The molecule has 6 nitrogen and oxygen atoms in total. The van der Waals surface area contributed by atoms with Crippen molar-refractivity contribution in [3.63, 3.8) is 0 Å². The second kappa shape index (κ2) is 9.03. The lowest BCUT2D eigenvalue weighted by Gasteiger charge is -2.18. The van der Waals surface area contributed by atoms with Gasteiger partial charge in [-0.05, 0) is 37.0 Å². The van der Waals surface area contributed by atoms with Crippen LogP contribution >= 0.6 is 0 Å². The van der Waals surface area contributed by atoms with E-state index in [2.05, 4.69) is 5.32 Å². The third-order valence-corrected chi connectivity index (χ3v) is 3.49. The van der Waals surface area contributed by atoms with Crippen LogP contribution in [0, 0.1) is 11.3 Å². The number of benzene rings is 1. The second-order valence-electron chi connectivity index (χ2n) is 5.39. The zero-order valence-electron chi connectivity index (χ0n) is 13.2. The number of unbranched alkanes of at least 4 members (excludes halogenated alkanes) is 2. The molecule has 2 amide bonds. The van der Waals surface area contributed by atoms with Crippen LogP contribution in [0.15, 0.2) is 24.3 Å². The quantitative estimate of drug-likeness (QED) is 0.615. The zero-order chi connectivity index (χ0) is 19.0. The van der Waals surface area contributed by atoms with Crippen LogP contribution in [0.1, 0.15) is 42.9 Å². The SMILES string of the molecule is N#CCCCC[C@H](NC(=O)[C@H](O)c1ccc(C(F)(F)F)cc1)C(N)=O. The smallest absolute Gasteiger partial charge is 0.378 e. The predicted octanol–water partition coefficient (Wildman–Crippen LogP) is 1.79. The molecule has 0 spiro atoms. The van der Waals surface area contributed by atoms with Gasteiger partial charge in [0.15, 0.2) is 6.10 Å². The summed E-state index contributed by atoms with van der Waals surface area (Å²) in [5.74, 6) is -1.74. The first-order chi connectivity index (χ1) is 11.7. The molecule has 4 N–H and O–H groups in total. The first-order valence-electron chi connectivity index (χ1n) is 7.48. The number of nitriles is 1. The van der Waals surface area contributed by atoms with Gasteiger partial charge in [-0.3, -0.25) is 9.59 Å². The third-order valence-electron chi connectivity index (χ3n) is 3.49. The standard InChI is InChI=1S/C16H18F3N3O3/c17-16(18,19)11-7-5-10(6-8-11)13(23)15(25)22-12(14(21)24)4-2-1-3-9-20/h5-8,12-13,23H,1-4H2,(H2,21,24)(H,22,25)/t12-,13+/m0/s1. The van der Waals surface area contributed by atoms with Crippen molar-refractivity contribution in [1.82, 2.24) is 5.32 Å². The van der Waals surface area contributed by atoms with Gasteiger partial charge in [0.25, 0.3) is 5.91 Å². The number of amides is 2. The van der Waals surface area contributed by atoms with Gasteiger partial charge in [-0.1, -0.05) is 12.1 Å². The monoisotopic (exact) mass is 357 g/mol. The highest BCUT2D eigenvalue weighted by Gasteiger charge is 2.31. The van der Waals surface area contributed by atoms with E-state index in [0.29, 0.717) is 19.3 Å². The molecule has 9 heteroatoms. The fourth-order valence-electron chi connectivity index (χ4n) is 2.09. The number of halogens is 3. The van der Waals surface area contributed by atoms with E-state index < -0.39 is 35.7 Å². The lowest BCUT2D eigenvalue weighted by Crippen LogP contribution is -2.46. The van der Waals surface area contributed by atoms with Crippen LogP contribution in [-0.4, -0.2) is 23.0 Å². The molecule has 0 fully saturated rings. The number of hydrogen-bond donors (Lipinski definition) is 3. The van der Waals surface area contributed by atoms with Crippen molar-refractivity contribution in [1.29, 1.82) is 5.26 Å². The summed E-state index contributed by atoms with van der Waals surface area (Å²) in [7, 11) is 0. The Balaban J connectivity index is 2.70. The zero-order valence-corrected chi connectivity index (χ0v) is 13.2. The van der Waals surface area contributed by atoms with E-state index in [9.17, 15) is 27.9 Å². The van der Waals surface area contributed by atoms with E-state index in [4.69, 9.17) is 11.0 Å². The number of nitrogens with two attached hydrogens (primary N) is 1. The number of alkyl halides is 3. The lowest BCUT2D eigenvalue weighted by atomic mass is 10.0. The maximum absolute atomic E-state index is 12.5. The molecule has 1 rings (SSSR count). The van der Waals surface area contributed by atoms with Gasteiger partial charge in [0.2, 0.25) is 5.91 Å². The Morgan fingerprint density at radius 2 is 1.84 bits per heavy atom. The first kappa shape index (κ1) is 20.4. The topological polar surface area (TPSA) is 116 Å². The van der Waals surface area contributed by atoms with E-state index in [1.54, 1.807) is 0 Å². The van der Waals surface area contributed by atoms with Crippen LogP contribution in [-0.2, 0) is 15.8 Å². The molecular formula is C16H18F3N3O3. The van der Waals surface area contributed by atoms with E-state index in [0.717, 1.165) is 24.3 Å². The van der Waals surface area contributed by atoms with Gasteiger partial charge in [-0.15, -0.1) is 0 Å². The Morgan fingerprint density at radius 3 is 2.32 bits per heavy atom. The Bertz CT molecular complexity index is 639. The number of rotatable bonds is 8. The van der Waals surface area contributed by atoms with Gasteiger partial charge < -0.3 is 16.2 Å². The average Bonchev–Trinajstić information content (AvgIpc) is 2.55. The molecule has 0 heterocycles. The molecule has 0 aliphatic rings. The summed E-state index contributed by atoms with van der Waals surface area (Å²) >= 11 is 0. The van der Waals surface area contributed by atoms with Crippen LogP contribution in [0.25, 0.3) is 0 Å². The van der Waals surface area contributed by atoms with Gasteiger partial charge in [0.1, 0.15) is 6.04 Å². The minimum absolute atomic E-state index is 0.0433.